The van der Waals surface area contributed by atoms with Crippen molar-refractivity contribution in [1.82, 2.24) is 0 Å². The van der Waals surface area contributed by atoms with E-state index >= 15 is 0 Å². The first-order chi connectivity index (χ1) is 9.61. The van der Waals surface area contributed by atoms with Crippen LogP contribution in [0.1, 0.15) is 21.5 Å². The van der Waals surface area contributed by atoms with E-state index in [2.05, 4.69) is 0 Å². The number of rotatable bonds is 3. The summed E-state index contributed by atoms with van der Waals surface area (Å²) in [4.78, 5) is 12.0. The van der Waals surface area contributed by atoms with Crippen LogP contribution in [0.25, 0.3) is 6.08 Å². The summed E-state index contributed by atoms with van der Waals surface area (Å²) < 4.78 is 0. The number of benzene rings is 2. The molecule has 0 N–H and O–H groups in total. The molecular formula is C16H9Cl2NO. The number of nitriles is 1. The monoisotopic (exact) mass is 301 g/mol. The third kappa shape index (κ3) is 3.27. The first-order valence-corrected chi connectivity index (χ1v) is 6.54. The van der Waals surface area contributed by atoms with Crippen molar-refractivity contribution in [3.05, 3.63) is 75.3 Å². The van der Waals surface area contributed by atoms with Crippen molar-refractivity contribution in [2.45, 2.75) is 0 Å². The van der Waals surface area contributed by atoms with Crippen LogP contribution in [0, 0.1) is 11.3 Å². The topological polar surface area (TPSA) is 40.9 Å². The Hall–Kier alpha value is -2.08. The van der Waals surface area contributed by atoms with E-state index in [1.165, 1.54) is 6.08 Å². The summed E-state index contributed by atoms with van der Waals surface area (Å²) in [5.74, 6) is -0.175. The second kappa shape index (κ2) is 6.38. The van der Waals surface area contributed by atoms with Crippen LogP contribution in [0.3, 0.4) is 0 Å². The zero-order valence-electron chi connectivity index (χ0n) is 10.3. The molecule has 4 heteroatoms. The predicted molar refractivity (Wildman–Crippen MR) is 81.0 cm³/mol. The summed E-state index contributed by atoms with van der Waals surface area (Å²) >= 11 is 12.0. The zero-order valence-corrected chi connectivity index (χ0v) is 11.8. The molecule has 0 spiro atoms. The van der Waals surface area contributed by atoms with Crippen LogP contribution in [0.5, 0.6) is 0 Å². The molecule has 0 aliphatic heterocycles. The van der Waals surface area contributed by atoms with Crippen molar-refractivity contribution in [1.29, 1.82) is 5.26 Å². The molecule has 0 saturated heterocycles. The van der Waals surface area contributed by atoms with Crippen LogP contribution in [-0.2, 0) is 0 Å². The molecule has 0 saturated carbocycles. The fourth-order valence-corrected chi connectivity index (χ4v) is 2.16. The molecule has 0 fully saturated rings. The van der Waals surface area contributed by atoms with Gasteiger partial charge in [0.1, 0.15) is 0 Å². The van der Waals surface area contributed by atoms with E-state index in [4.69, 9.17) is 28.5 Å². The summed E-state index contributed by atoms with van der Waals surface area (Å²) in [7, 11) is 0. The average Bonchev–Trinajstić information content (AvgIpc) is 2.46. The van der Waals surface area contributed by atoms with Gasteiger partial charge in [-0.05, 0) is 48.6 Å². The molecule has 0 radical (unpaired) electrons. The number of nitrogens with zero attached hydrogens (tertiary/aromatic N) is 1. The largest absolute Gasteiger partial charge is 0.289 e. The maximum Gasteiger partial charge on any atom is 0.185 e. The molecular weight excluding hydrogens is 293 g/mol. The number of hydrogen-bond acceptors (Lipinski definition) is 2. The number of hydrogen-bond donors (Lipinski definition) is 0. The van der Waals surface area contributed by atoms with Crippen LogP contribution in [-0.4, -0.2) is 5.78 Å². The minimum Gasteiger partial charge on any atom is -0.289 e. The van der Waals surface area contributed by atoms with Crippen LogP contribution in [0.4, 0.5) is 0 Å². The predicted octanol–water partition coefficient (Wildman–Crippen LogP) is 4.76. The highest BCUT2D eigenvalue weighted by atomic mass is 35.5. The van der Waals surface area contributed by atoms with Gasteiger partial charge >= 0.3 is 0 Å². The lowest BCUT2D eigenvalue weighted by Crippen LogP contribution is -1.94. The zero-order chi connectivity index (χ0) is 14.5. The number of carbonyl (C=O) groups excluding carboxylic acids is 1. The van der Waals surface area contributed by atoms with Crippen molar-refractivity contribution in [2.24, 2.45) is 0 Å². The molecule has 98 valence electrons. The van der Waals surface area contributed by atoms with E-state index in [-0.39, 0.29) is 5.78 Å². The van der Waals surface area contributed by atoms with E-state index in [0.29, 0.717) is 26.7 Å². The molecule has 0 heterocycles. The van der Waals surface area contributed by atoms with E-state index in [9.17, 15) is 4.79 Å². The van der Waals surface area contributed by atoms with Gasteiger partial charge in [0.05, 0.1) is 11.6 Å². The van der Waals surface area contributed by atoms with E-state index in [1.54, 1.807) is 48.5 Å². The van der Waals surface area contributed by atoms with Gasteiger partial charge in [-0.15, -0.1) is 0 Å². The Kier molecular flexibility index (Phi) is 4.57. The van der Waals surface area contributed by atoms with Gasteiger partial charge in [0, 0.05) is 21.2 Å². The van der Waals surface area contributed by atoms with E-state index < -0.39 is 0 Å². The second-order valence-corrected chi connectivity index (χ2v) is 4.84. The molecule has 0 unspecified atom stereocenters. The van der Waals surface area contributed by atoms with Gasteiger partial charge in [0.25, 0.3) is 0 Å². The molecule has 2 aromatic rings. The quantitative estimate of drug-likeness (QED) is 0.606. The highest BCUT2D eigenvalue weighted by Gasteiger charge is 2.04. The Morgan fingerprint density at radius 2 is 1.65 bits per heavy atom. The lowest BCUT2D eigenvalue weighted by molar-refractivity contribution is 0.104. The van der Waals surface area contributed by atoms with Crippen molar-refractivity contribution >= 4 is 35.1 Å². The van der Waals surface area contributed by atoms with Gasteiger partial charge in [-0.2, -0.15) is 5.26 Å². The van der Waals surface area contributed by atoms with Gasteiger partial charge < -0.3 is 0 Å². The highest BCUT2D eigenvalue weighted by Crippen LogP contribution is 2.25. The molecule has 0 aromatic heterocycles. The van der Waals surface area contributed by atoms with Gasteiger partial charge in [-0.3, -0.25) is 4.79 Å². The minimum absolute atomic E-state index is 0.175. The third-order valence-corrected chi connectivity index (χ3v) is 3.36. The van der Waals surface area contributed by atoms with Gasteiger partial charge in [-0.1, -0.05) is 29.3 Å². The highest BCUT2D eigenvalue weighted by molar-refractivity contribution is 6.37. The Bertz CT molecular complexity index is 692. The second-order valence-electron chi connectivity index (χ2n) is 4.02. The first kappa shape index (κ1) is 14.3. The molecule has 2 nitrogen and oxygen atoms in total. The smallest absolute Gasteiger partial charge is 0.185 e. The number of allylic oxidation sites excluding steroid dienone is 1. The third-order valence-electron chi connectivity index (χ3n) is 2.70. The van der Waals surface area contributed by atoms with Crippen molar-refractivity contribution in [2.75, 3.05) is 0 Å². The summed E-state index contributed by atoms with van der Waals surface area (Å²) in [5.41, 5.74) is 1.63. The lowest BCUT2D eigenvalue weighted by atomic mass is 10.1. The Labute approximate surface area is 126 Å². The Morgan fingerprint density at radius 1 is 1.05 bits per heavy atom. The maximum absolute atomic E-state index is 12.0. The van der Waals surface area contributed by atoms with Crippen LogP contribution in [0.2, 0.25) is 10.0 Å². The number of halogens is 2. The van der Waals surface area contributed by atoms with Crippen molar-refractivity contribution < 1.29 is 4.79 Å². The summed E-state index contributed by atoms with van der Waals surface area (Å²) in [6, 6.07) is 13.6. The summed E-state index contributed by atoms with van der Waals surface area (Å²) in [5, 5.41) is 9.68. The minimum atomic E-state index is -0.175. The molecule has 0 aliphatic carbocycles. The fraction of sp³-hybridized carbons (Fsp3) is 0. The van der Waals surface area contributed by atoms with E-state index in [0.717, 1.165) is 0 Å². The molecule has 0 atom stereocenters. The molecule has 0 amide bonds. The lowest BCUT2D eigenvalue weighted by Gasteiger charge is -2.01. The number of ketones is 1. The van der Waals surface area contributed by atoms with Crippen LogP contribution < -0.4 is 0 Å². The normalized spacial score (nSPS) is 10.4. The summed E-state index contributed by atoms with van der Waals surface area (Å²) in [6.07, 6.45) is 3.00. The van der Waals surface area contributed by atoms with Crippen LogP contribution in [0.15, 0.2) is 48.5 Å². The number of carbonyl (C=O) groups is 1. The molecule has 2 rings (SSSR count). The van der Waals surface area contributed by atoms with Gasteiger partial charge in [0.2, 0.25) is 0 Å². The first-order valence-electron chi connectivity index (χ1n) is 5.78. The maximum atomic E-state index is 12.0. The standard InChI is InChI=1S/C16H9Cl2NO/c17-14-2-1-3-15(18)13(14)8-9-16(20)12-6-4-11(10-19)5-7-12/h1-9H/b9-8+. The molecule has 0 bridgehead atoms. The van der Waals surface area contributed by atoms with Crippen molar-refractivity contribution in [3.8, 4) is 6.07 Å². The van der Waals surface area contributed by atoms with Crippen molar-refractivity contribution in [3.63, 3.8) is 0 Å². The average molecular weight is 302 g/mol. The molecule has 0 aliphatic rings. The molecule has 20 heavy (non-hydrogen) atoms. The van der Waals surface area contributed by atoms with Gasteiger partial charge in [-0.25, -0.2) is 0 Å². The van der Waals surface area contributed by atoms with Crippen LogP contribution >= 0.6 is 23.2 Å². The van der Waals surface area contributed by atoms with Gasteiger partial charge in [0.15, 0.2) is 5.78 Å². The van der Waals surface area contributed by atoms with E-state index in [1.807, 2.05) is 6.07 Å². The Morgan fingerprint density at radius 3 is 2.20 bits per heavy atom. The SMILES string of the molecule is N#Cc1ccc(C(=O)/C=C/c2c(Cl)cccc2Cl)cc1. The molecule has 2 aromatic carbocycles. The summed E-state index contributed by atoms with van der Waals surface area (Å²) in [6.45, 7) is 0. The Balaban J connectivity index is 2.23. The fourth-order valence-electron chi connectivity index (χ4n) is 1.63.